The summed E-state index contributed by atoms with van der Waals surface area (Å²) in [5, 5.41) is 9.71. The molecule has 0 radical (unpaired) electrons. The normalized spacial score (nSPS) is 56.7. The number of fused-ring (bicyclic) bond motifs is 2. The smallest absolute Gasteiger partial charge is 0.0653 e. The van der Waals surface area contributed by atoms with Crippen LogP contribution >= 0.6 is 0 Å². The minimum Gasteiger partial charge on any atom is -0.390 e. The van der Waals surface area contributed by atoms with Crippen LogP contribution in [0.15, 0.2) is 0 Å². The molecular formula is C8H14O. The molecule has 0 aromatic heterocycles. The van der Waals surface area contributed by atoms with E-state index in [-0.39, 0.29) is 5.60 Å². The quantitative estimate of drug-likeness (QED) is 0.522. The summed E-state index contributed by atoms with van der Waals surface area (Å²) < 4.78 is 0. The van der Waals surface area contributed by atoms with E-state index in [1.165, 1.54) is 6.42 Å². The highest BCUT2D eigenvalue weighted by atomic mass is 16.3. The zero-order valence-electron chi connectivity index (χ0n) is 5.93. The van der Waals surface area contributed by atoms with E-state index in [9.17, 15) is 5.11 Å². The second-order valence-electron chi connectivity index (χ2n) is 3.91. The summed E-state index contributed by atoms with van der Waals surface area (Å²) in [6.07, 6.45) is 4.51. The second kappa shape index (κ2) is 1.51. The lowest BCUT2D eigenvalue weighted by atomic mass is 9.89. The molecule has 1 nitrogen and oxygen atoms in total. The monoisotopic (exact) mass is 126 g/mol. The maximum atomic E-state index is 9.71. The largest absolute Gasteiger partial charge is 0.390 e. The molecule has 0 heterocycles. The van der Waals surface area contributed by atoms with E-state index in [1.807, 2.05) is 0 Å². The zero-order chi connectivity index (χ0) is 6.48. The van der Waals surface area contributed by atoms with Crippen LogP contribution in [-0.4, -0.2) is 10.7 Å². The lowest BCUT2D eigenvalue weighted by molar-refractivity contribution is 0.0442. The molecule has 3 atom stereocenters. The molecule has 2 aliphatic carbocycles. The van der Waals surface area contributed by atoms with Crippen LogP contribution in [-0.2, 0) is 0 Å². The van der Waals surface area contributed by atoms with Gasteiger partial charge in [-0.2, -0.15) is 0 Å². The van der Waals surface area contributed by atoms with Crippen molar-refractivity contribution < 1.29 is 5.11 Å². The fourth-order valence-corrected chi connectivity index (χ4v) is 2.58. The van der Waals surface area contributed by atoms with Gasteiger partial charge >= 0.3 is 0 Å². The van der Waals surface area contributed by atoms with Crippen molar-refractivity contribution in [3.63, 3.8) is 0 Å². The number of aliphatic hydroxyl groups is 1. The van der Waals surface area contributed by atoms with Crippen molar-refractivity contribution in [3.05, 3.63) is 0 Å². The Morgan fingerprint density at radius 3 is 2.44 bits per heavy atom. The van der Waals surface area contributed by atoms with E-state index in [4.69, 9.17) is 0 Å². The Labute approximate surface area is 56.1 Å². The molecule has 0 amide bonds. The Morgan fingerprint density at radius 1 is 1.44 bits per heavy atom. The van der Waals surface area contributed by atoms with Crippen LogP contribution in [0.3, 0.4) is 0 Å². The third kappa shape index (κ3) is 0.710. The molecule has 52 valence electrons. The third-order valence-electron chi connectivity index (χ3n) is 3.13. The molecule has 1 N–H and O–H groups in total. The van der Waals surface area contributed by atoms with Crippen LogP contribution in [0.4, 0.5) is 0 Å². The Kier molecular flexibility index (Phi) is 0.963. The van der Waals surface area contributed by atoms with E-state index in [2.05, 4.69) is 6.92 Å². The van der Waals surface area contributed by atoms with Crippen molar-refractivity contribution in [1.29, 1.82) is 0 Å². The lowest BCUT2D eigenvalue weighted by Crippen LogP contribution is -2.22. The van der Waals surface area contributed by atoms with Crippen LogP contribution < -0.4 is 0 Å². The SMILES string of the molecule is CC1CC2(O)CCC1C2. The van der Waals surface area contributed by atoms with Crippen molar-refractivity contribution in [2.45, 2.75) is 38.2 Å². The van der Waals surface area contributed by atoms with Crippen molar-refractivity contribution in [2.75, 3.05) is 0 Å². The predicted octanol–water partition coefficient (Wildman–Crippen LogP) is 1.56. The molecule has 1 heteroatoms. The molecule has 3 unspecified atom stereocenters. The standard InChI is InChI=1S/C8H14O/c1-6-4-8(9)3-2-7(6)5-8/h6-7,9H,2-5H2,1H3. The van der Waals surface area contributed by atoms with Gasteiger partial charge in [0.05, 0.1) is 5.60 Å². The summed E-state index contributed by atoms with van der Waals surface area (Å²) >= 11 is 0. The van der Waals surface area contributed by atoms with Gasteiger partial charge in [-0.1, -0.05) is 6.92 Å². The van der Waals surface area contributed by atoms with Gasteiger partial charge in [-0.05, 0) is 37.5 Å². The molecule has 2 saturated carbocycles. The number of hydrogen-bond acceptors (Lipinski definition) is 1. The van der Waals surface area contributed by atoms with E-state index < -0.39 is 0 Å². The summed E-state index contributed by atoms with van der Waals surface area (Å²) in [5.41, 5.74) is -0.218. The number of hydrogen-bond donors (Lipinski definition) is 1. The molecule has 2 bridgehead atoms. The van der Waals surface area contributed by atoms with Crippen LogP contribution in [0.1, 0.15) is 32.6 Å². The Hall–Kier alpha value is -0.0400. The first kappa shape index (κ1) is 5.72. The summed E-state index contributed by atoms with van der Waals surface area (Å²) in [4.78, 5) is 0. The van der Waals surface area contributed by atoms with Gasteiger partial charge in [0.15, 0.2) is 0 Å². The van der Waals surface area contributed by atoms with Crippen molar-refractivity contribution in [1.82, 2.24) is 0 Å². The molecular weight excluding hydrogens is 112 g/mol. The maximum Gasteiger partial charge on any atom is 0.0653 e. The van der Waals surface area contributed by atoms with Crippen molar-refractivity contribution in [3.8, 4) is 0 Å². The summed E-state index contributed by atoms with van der Waals surface area (Å²) in [6, 6.07) is 0. The van der Waals surface area contributed by atoms with Gasteiger partial charge in [0, 0.05) is 0 Å². The maximum absolute atomic E-state index is 9.71. The van der Waals surface area contributed by atoms with Gasteiger partial charge in [0.25, 0.3) is 0 Å². The Bertz CT molecular complexity index is 129. The third-order valence-corrected chi connectivity index (χ3v) is 3.13. The Balaban J connectivity index is 2.19. The average Bonchev–Trinajstić information content (AvgIpc) is 2.20. The van der Waals surface area contributed by atoms with E-state index in [0.29, 0.717) is 0 Å². The molecule has 0 saturated heterocycles. The van der Waals surface area contributed by atoms with Crippen LogP contribution in [0, 0.1) is 11.8 Å². The van der Waals surface area contributed by atoms with Gasteiger partial charge in [0.2, 0.25) is 0 Å². The van der Waals surface area contributed by atoms with Crippen LogP contribution in [0.2, 0.25) is 0 Å². The van der Waals surface area contributed by atoms with Crippen LogP contribution in [0.5, 0.6) is 0 Å². The highest BCUT2D eigenvalue weighted by Crippen LogP contribution is 2.50. The summed E-state index contributed by atoms with van der Waals surface area (Å²) in [7, 11) is 0. The fourth-order valence-electron chi connectivity index (χ4n) is 2.58. The minimum absolute atomic E-state index is 0.218. The second-order valence-corrected chi connectivity index (χ2v) is 3.91. The fraction of sp³-hybridized carbons (Fsp3) is 1.00. The van der Waals surface area contributed by atoms with E-state index in [1.54, 1.807) is 0 Å². The average molecular weight is 126 g/mol. The van der Waals surface area contributed by atoms with Gasteiger partial charge in [-0.25, -0.2) is 0 Å². The van der Waals surface area contributed by atoms with Gasteiger partial charge in [0.1, 0.15) is 0 Å². The van der Waals surface area contributed by atoms with Gasteiger partial charge in [-0.3, -0.25) is 0 Å². The molecule has 2 fully saturated rings. The minimum atomic E-state index is -0.218. The molecule has 2 rings (SSSR count). The predicted molar refractivity (Wildman–Crippen MR) is 36.1 cm³/mol. The first-order chi connectivity index (χ1) is 4.20. The first-order valence-corrected chi connectivity index (χ1v) is 3.92. The lowest BCUT2D eigenvalue weighted by Gasteiger charge is -2.22. The van der Waals surface area contributed by atoms with E-state index in [0.717, 1.165) is 31.1 Å². The zero-order valence-corrected chi connectivity index (χ0v) is 5.93. The Morgan fingerprint density at radius 2 is 2.22 bits per heavy atom. The summed E-state index contributed by atoms with van der Waals surface area (Å²) in [6.45, 7) is 2.27. The highest BCUT2D eigenvalue weighted by molar-refractivity contribution is 4.99. The van der Waals surface area contributed by atoms with Gasteiger partial charge < -0.3 is 5.11 Å². The molecule has 0 aromatic rings. The molecule has 0 aromatic carbocycles. The molecule has 9 heavy (non-hydrogen) atoms. The molecule has 0 aliphatic heterocycles. The van der Waals surface area contributed by atoms with Crippen molar-refractivity contribution in [2.24, 2.45) is 11.8 Å². The molecule has 0 spiro atoms. The molecule has 2 aliphatic rings. The van der Waals surface area contributed by atoms with Crippen molar-refractivity contribution >= 4 is 0 Å². The highest BCUT2D eigenvalue weighted by Gasteiger charge is 2.47. The summed E-state index contributed by atoms with van der Waals surface area (Å²) in [5.74, 6) is 1.65. The van der Waals surface area contributed by atoms with Crippen LogP contribution in [0.25, 0.3) is 0 Å². The first-order valence-electron chi connectivity index (χ1n) is 3.92. The van der Waals surface area contributed by atoms with E-state index >= 15 is 0 Å². The topological polar surface area (TPSA) is 20.2 Å². The number of rotatable bonds is 0. The van der Waals surface area contributed by atoms with Gasteiger partial charge in [-0.15, -0.1) is 0 Å².